The van der Waals surface area contributed by atoms with E-state index in [1.54, 1.807) is 6.07 Å². The van der Waals surface area contributed by atoms with Crippen molar-refractivity contribution in [3.8, 4) is 5.75 Å². The third-order valence-electron chi connectivity index (χ3n) is 7.64. The van der Waals surface area contributed by atoms with Crippen molar-refractivity contribution in [1.29, 1.82) is 0 Å². The van der Waals surface area contributed by atoms with Crippen LogP contribution < -0.4 is 0 Å². The van der Waals surface area contributed by atoms with E-state index in [-0.39, 0.29) is 12.4 Å². The van der Waals surface area contributed by atoms with Crippen molar-refractivity contribution in [1.82, 2.24) is 4.90 Å². The molecule has 0 bridgehead atoms. The number of allylic oxidation sites excluding steroid dienone is 1. The lowest BCUT2D eigenvalue weighted by Gasteiger charge is -2.20. The first-order chi connectivity index (χ1) is 17.2. The summed E-state index contributed by atoms with van der Waals surface area (Å²) < 4.78 is 0. The maximum Gasteiger partial charge on any atom is 0.116 e. The van der Waals surface area contributed by atoms with Gasteiger partial charge < -0.3 is 15.1 Å². The average molecular weight is 468 g/mol. The third-order valence-corrected chi connectivity index (χ3v) is 7.64. The highest BCUT2D eigenvalue weighted by Gasteiger charge is 2.30. The van der Waals surface area contributed by atoms with Gasteiger partial charge in [-0.2, -0.15) is 0 Å². The molecular weight excluding hydrogens is 430 g/mol. The van der Waals surface area contributed by atoms with Crippen LogP contribution in [0.2, 0.25) is 0 Å². The lowest BCUT2D eigenvalue weighted by molar-refractivity contribution is 0.273. The molecule has 2 aliphatic rings. The van der Waals surface area contributed by atoms with Crippen LogP contribution >= 0.6 is 0 Å². The van der Waals surface area contributed by atoms with E-state index in [9.17, 15) is 10.2 Å². The van der Waals surface area contributed by atoms with Crippen molar-refractivity contribution in [3.63, 3.8) is 0 Å². The molecule has 1 unspecified atom stereocenters. The summed E-state index contributed by atoms with van der Waals surface area (Å²) in [6.07, 6.45) is 8.06. The summed E-state index contributed by atoms with van der Waals surface area (Å²) >= 11 is 0. The molecule has 3 aromatic rings. The molecule has 3 aromatic carbocycles. The predicted molar refractivity (Wildman–Crippen MR) is 144 cm³/mol. The Morgan fingerprint density at radius 3 is 2.26 bits per heavy atom. The van der Waals surface area contributed by atoms with Gasteiger partial charge in [-0.1, -0.05) is 66.7 Å². The van der Waals surface area contributed by atoms with Crippen LogP contribution in [0.4, 0.5) is 0 Å². The minimum Gasteiger partial charge on any atom is -0.508 e. The highest BCUT2D eigenvalue weighted by molar-refractivity contribution is 5.98. The van der Waals surface area contributed by atoms with Gasteiger partial charge in [0, 0.05) is 12.6 Å². The summed E-state index contributed by atoms with van der Waals surface area (Å²) in [6, 6.07) is 28.0. The van der Waals surface area contributed by atoms with Crippen LogP contribution in [0.3, 0.4) is 0 Å². The Kier molecular flexibility index (Phi) is 7.66. The van der Waals surface area contributed by atoms with Gasteiger partial charge in [0.25, 0.3) is 0 Å². The quantitative estimate of drug-likeness (QED) is 0.356. The fourth-order valence-corrected chi connectivity index (χ4v) is 5.66. The van der Waals surface area contributed by atoms with Gasteiger partial charge in [0.05, 0.1) is 0 Å². The van der Waals surface area contributed by atoms with Crippen molar-refractivity contribution < 1.29 is 10.2 Å². The lowest BCUT2D eigenvalue weighted by atomic mass is 9.85. The first-order valence-corrected chi connectivity index (χ1v) is 13.3. The standard InChI is InChI=1S/C32H37NO2/c34-22-6-12-31(26-7-2-1-3-8-26)32(28-9-4-11-30(35)23-28)27-15-13-25(14-16-27)24-10-5-20-33(21-19-24)29-17-18-29/h1-4,7-9,11,13-16,23-24,29,34-35H,5-6,10,12,17-22H2/b32-31+. The molecule has 1 atom stereocenters. The molecular formula is C32H37NO2. The van der Waals surface area contributed by atoms with Crippen molar-refractivity contribution in [3.05, 3.63) is 101 Å². The minimum absolute atomic E-state index is 0.155. The number of phenolic OH excluding ortho intramolecular Hbond substituents is 1. The van der Waals surface area contributed by atoms with Crippen LogP contribution in [0.1, 0.15) is 73.1 Å². The van der Waals surface area contributed by atoms with Gasteiger partial charge in [0.15, 0.2) is 0 Å². The normalized spacial score (nSPS) is 19.7. The molecule has 0 aromatic heterocycles. The Bertz CT molecular complexity index is 1130. The molecule has 2 fully saturated rings. The van der Waals surface area contributed by atoms with E-state index in [0.29, 0.717) is 12.3 Å². The zero-order valence-electron chi connectivity index (χ0n) is 20.6. The summed E-state index contributed by atoms with van der Waals surface area (Å²) in [5, 5.41) is 19.9. The monoisotopic (exact) mass is 467 g/mol. The van der Waals surface area contributed by atoms with Crippen LogP contribution in [0.5, 0.6) is 5.75 Å². The lowest BCUT2D eigenvalue weighted by Crippen LogP contribution is -2.26. The van der Waals surface area contributed by atoms with E-state index < -0.39 is 0 Å². The Hall–Kier alpha value is -2.88. The van der Waals surface area contributed by atoms with E-state index in [4.69, 9.17) is 0 Å². The van der Waals surface area contributed by atoms with E-state index in [1.807, 2.05) is 18.2 Å². The minimum atomic E-state index is 0.155. The first-order valence-electron chi connectivity index (χ1n) is 13.3. The van der Waals surface area contributed by atoms with E-state index >= 15 is 0 Å². The van der Waals surface area contributed by atoms with Crippen LogP contribution in [0, 0.1) is 0 Å². The summed E-state index contributed by atoms with van der Waals surface area (Å²) in [5.41, 5.74) is 7.10. The second-order valence-corrected chi connectivity index (χ2v) is 10.1. The molecule has 1 saturated carbocycles. The van der Waals surface area contributed by atoms with Gasteiger partial charge in [-0.25, -0.2) is 0 Å². The molecule has 1 aliphatic carbocycles. The molecule has 0 radical (unpaired) electrons. The van der Waals surface area contributed by atoms with Gasteiger partial charge in [-0.3, -0.25) is 0 Å². The summed E-state index contributed by atoms with van der Waals surface area (Å²) in [5.74, 6) is 0.897. The number of benzene rings is 3. The number of aliphatic hydroxyl groups is 1. The largest absolute Gasteiger partial charge is 0.508 e. The second-order valence-electron chi connectivity index (χ2n) is 10.1. The number of nitrogens with zero attached hydrogens (tertiary/aromatic N) is 1. The molecule has 1 saturated heterocycles. The number of hydrogen-bond donors (Lipinski definition) is 2. The second kappa shape index (κ2) is 11.2. The fraction of sp³-hybridized carbons (Fsp3) is 0.375. The highest BCUT2D eigenvalue weighted by Crippen LogP contribution is 2.38. The molecule has 0 amide bonds. The SMILES string of the molecule is OCCC/C(=C(/c1ccc(C2CCCN(C3CC3)CC2)cc1)c1cccc(O)c1)c1ccccc1. The number of phenols is 1. The smallest absolute Gasteiger partial charge is 0.116 e. The first kappa shape index (κ1) is 23.8. The summed E-state index contributed by atoms with van der Waals surface area (Å²) in [6.45, 7) is 2.64. The molecule has 1 heterocycles. The van der Waals surface area contributed by atoms with Gasteiger partial charge in [-0.15, -0.1) is 0 Å². The van der Waals surface area contributed by atoms with Crippen molar-refractivity contribution in [2.45, 2.75) is 56.9 Å². The molecule has 0 spiro atoms. The maximum atomic E-state index is 10.3. The fourth-order valence-electron chi connectivity index (χ4n) is 5.66. The van der Waals surface area contributed by atoms with Crippen LogP contribution in [-0.4, -0.2) is 40.9 Å². The highest BCUT2D eigenvalue weighted by atomic mass is 16.3. The molecule has 1 aliphatic heterocycles. The predicted octanol–water partition coefficient (Wildman–Crippen LogP) is 6.86. The molecule has 2 N–H and O–H groups in total. The Morgan fingerprint density at radius 2 is 1.54 bits per heavy atom. The van der Waals surface area contributed by atoms with Crippen LogP contribution in [0.25, 0.3) is 11.1 Å². The number of aromatic hydroxyl groups is 1. The molecule has 3 nitrogen and oxygen atoms in total. The van der Waals surface area contributed by atoms with Gasteiger partial charge in [0.1, 0.15) is 5.75 Å². The van der Waals surface area contributed by atoms with E-state index in [2.05, 4.69) is 59.5 Å². The number of hydrogen-bond acceptors (Lipinski definition) is 3. The zero-order valence-corrected chi connectivity index (χ0v) is 20.6. The zero-order chi connectivity index (χ0) is 24.0. The van der Waals surface area contributed by atoms with Crippen molar-refractivity contribution in [2.75, 3.05) is 19.7 Å². The van der Waals surface area contributed by atoms with Crippen molar-refractivity contribution in [2.24, 2.45) is 0 Å². The Labute approximate surface area is 209 Å². The molecule has 3 heteroatoms. The number of rotatable bonds is 8. The van der Waals surface area contributed by atoms with Crippen LogP contribution in [-0.2, 0) is 0 Å². The Morgan fingerprint density at radius 1 is 0.771 bits per heavy atom. The number of aliphatic hydroxyl groups excluding tert-OH is 1. The third kappa shape index (κ3) is 5.86. The van der Waals surface area contributed by atoms with E-state index in [0.717, 1.165) is 34.7 Å². The summed E-state index contributed by atoms with van der Waals surface area (Å²) in [4.78, 5) is 2.71. The van der Waals surface area contributed by atoms with Gasteiger partial charge in [-0.05, 0) is 109 Å². The Balaban J connectivity index is 1.51. The molecule has 182 valence electrons. The van der Waals surface area contributed by atoms with Gasteiger partial charge >= 0.3 is 0 Å². The number of likely N-dealkylation sites (tertiary alicyclic amines) is 1. The van der Waals surface area contributed by atoms with Gasteiger partial charge in [0.2, 0.25) is 0 Å². The molecule has 35 heavy (non-hydrogen) atoms. The average Bonchev–Trinajstić information content (AvgIpc) is 3.74. The topological polar surface area (TPSA) is 43.7 Å². The van der Waals surface area contributed by atoms with Crippen molar-refractivity contribution >= 4 is 11.1 Å². The summed E-state index contributed by atoms with van der Waals surface area (Å²) in [7, 11) is 0. The molecule has 5 rings (SSSR count). The maximum absolute atomic E-state index is 10.3. The van der Waals surface area contributed by atoms with E-state index in [1.165, 1.54) is 56.3 Å². The van der Waals surface area contributed by atoms with Crippen LogP contribution in [0.15, 0.2) is 78.9 Å².